The monoisotopic (exact) mass is 403 g/mol. The summed E-state index contributed by atoms with van der Waals surface area (Å²) in [6.07, 6.45) is 3.33. The molecular weight excluding hydrogens is 378 g/mol. The molecule has 6 heteroatoms. The Labute approximate surface area is 176 Å². The zero-order valence-corrected chi connectivity index (χ0v) is 17.2. The highest BCUT2D eigenvalue weighted by atomic mass is 16.5. The summed E-state index contributed by atoms with van der Waals surface area (Å²) in [5.74, 6) is 0.548. The van der Waals surface area contributed by atoms with Crippen LogP contribution < -0.4 is 10.1 Å². The van der Waals surface area contributed by atoms with Crippen molar-refractivity contribution in [3.05, 3.63) is 72.6 Å². The average Bonchev–Trinajstić information content (AvgIpc) is 3.43. The number of benzene rings is 2. The molecule has 1 N–H and O–H groups in total. The molecule has 0 spiro atoms. The van der Waals surface area contributed by atoms with Crippen molar-refractivity contribution in [3.63, 3.8) is 0 Å². The van der Waals surface area contributed by atoms with Crippen LogP contribution in [0.4, 0.5) is 5.69 Å². The van der Waals surface area contributed by atoms with Gasteiger partial charge in [0.2, 0.25) is 5.91 Å². The molecule has 1 aromatic heterocycles. The van der Waals surface area contributed by atoms with Crippen LogP contribution in [0, 0.1) is 0 Å². The lowest BCUT2D eigenvalue weighted by Gasteiger charge is -2.24. The summed E-state index contributed by atoms with van der Waals surface area (Å²) in [7, 11) is 3.48. The van der Waals surface area contributed by atoms with Crippen LogP contribution in [0.25, 0.3) is 11.1 Å². The first-order valence-corrected chi connectivity index (χ1v) is 10.0. The van der Waals surface area contributed by atoms with Crippen molar-refractivity contribution in [2.75, 3.05) is 19.0 Å². The molecule has 0 bridgehead atoms. The molecule has 1 aliphatic rings. The predicted molar refractivity (Wildman–Crippen MR) is 117 cm³/mol. The third-order valence-electron chi connectivity index (χ3n) is 5.53. The molecule has 30 heavy (non-hydrogen) atoms. The first-order chi connectivity index (χ1) is 14.6. The second kappa shape index (κ2) is 8.45. The molecule has 1 aliphatic heterocycles. The Bertz CT molecular complexity index is 1060. The standard InChI is InChI=1S/C24H25N3O3/c1-26-14-4-9-22(26)24(29)27-15-5-8-21(27)23(28)25-19-12-10-17(11-13-19)18-6-3-7-20(16-18)30-2/h3-4,6-7,9-14,16,21H,5,8,15H2,1-2H3,(H,25,28)/t21-/m0/s1. The van der Waals surface area contributed by atoms with Crippen molar-refractivity contribution in [2.45, 2.75) is 18.9 Å². The highest BCUT2D eigenvalue weighted by Crippen LogP contribution is 2.26. The number of hydrogen-bond donors (Lipinski definition) is 1. The van der Waals surface area contributed by atoms with Gasteiger partial charge in [-0.25, -0.2) is 0 Å². The minimum Gasteiger partial charge on any atom is -0.497 e. The van der Waals surface area contributed by atoms with Gasteiger partial charge in [0.25, 0.3) is 5.91 Å². The third-order valence-corrected chi connectivity index (χ3v) is 5.53. The van der Waals surface area contributed by atoms with Crippen LogP contribution in [0.15, 0.2) is 66.9 Å². The van der Waals surface area contributed by atoms with Crippen LogP contribution in [0.5, 0.6) is 5.75 Å². The van der Waals surface area contributed by atoms with E-state index < -0.39 is 6.04 Å². The first kappa shape index (κ1) is 19.8. The fraction of sp³-hybridized carbons (Fsp3) is 0.250. The van der Waals surface area contributed by atoms with E-state index in [1.165, 1.54) is 0 Å². The zero-order chi connectivity index (χ0) is 21.1. The van der Waals surface area contributed by atoms with E-state index in [0.717, 1.165) is 23.3 Å². The number of hydrogen-bond acceptors (Lipinski definition) is 3. The molecule has 1 atom stereocenters. The number of ether oxygens (including phenoxy) is 1. The molecule has 1 fully saturated rings. The summed E-state index contributed by atoms with van der Waals surface area (Å²) in [6.45, 7) is 0.594. The molecule has 0 saturated carbocycles. The second-order valence-corrected chi connectivity index (χ2v) is 7.46. The maximum atomic E-state index is 12.9. The number of amides is 2. The molecule has 6 nitrogen and oxygen atoms in total. The van der Waals surface area contributed by atoms with Crippen molar-refractivity contribution in [2.24, 2.45) is 7.05 Å². The zero-order valence-electron chi connectivity index (χ0n) is 17.2. The van der Waals surface area contributed by atoms with Gasteiger partial charge in [0.05, 0.1) is 7.11 Å². The second-order valence-electron chi connectivity index (χ2n) is 7.46. The molecule has 3 aromatic rings. The Balaban J connectivity index is 1.45. The van der Waals surface area contributed by atoms with E-state index in [4.69, 9.17) is 4.74 Å². The van der Waals surface area contributed by atoms with E-state index in [1.807, 2.05) is 67.8 Å². The van der Waals surface area contributed by atoms with Crippen molar-refractivity contribution in [3.8, 4) is 16.9 Å². The molecule has 2 amide bonds. The normalized spacial score (nSPS) is 15.8. The van der Waals surface area contributed by atoms with Crippen molar-refractivity contribution < 1.29 is 14.3 Å². The smallest absolute Gasteiger partial charge is 0.271 e. The van der Waals surface area contributed by atoms with Crippen molar-refractivity contribution in [1.29, 1.82) is 0 Å². The molecule has 0 aliphatic carbocycles. The maximum absolute atomic E-state index is 12.9. The van der Waals surface area contributed by atoms with Crippen LogP contribution in [0.2, 0.25) is 0 Å². The number of methoxy groups -OCH3 is 1. The number of carbonyl (C=O) groups is 2. The Morgan fingerprint density at radius 3 is 2.53 bits per heavy atom. The predicted octanol–water partition coefficient (Wildman–Crippen LogP) is 3.94. The molecule has 1 saturated heterocycles. The lowest BCUT2D eigenvalue weighted by Crippen LogP contribution is -2.43. The molecule has 4 rings (SSSR count). The fourth-order valence-electron chi connectivity index (χ4n) is 3.89. The van der Waals surface area contributed by atoms with E-state index in [-0.39, 0.29) is 11.8 Å². The number of likely N-dealkylation sites (tertiary alicyclic amines) is 1. The Morgan fingerprint density at radius 2 is 1.83 bits per heavy atom. The van der Waals surface area contributed by atoms with E-state index >= 15 is 0 Å². The Hall–Kier alpha value is -3.54. The lowest BCUT2D eigenvalue weighted by atomic mass is 10.0. The van der Waals surface area contributed by atoms with Gasteiger partial charge in [0.15, 0.2) is 0 Å². The topological polar surface area (TPSA) is 63.6 Å². The summed E-state index contributed by atoms with van der Waals surface area (Å²) < 4.78 is 7.07. The third kappa shape index (κ3) is 3.94. The fourth-order valence-corrected chi connectivity index (χ4v) is 3.89. The minimum absolute atomic E-state index is 0.103. The number of anilines is 1. The van der Waals surface area contributed by atoms with Gasteiger partial charge in [-0.2, -0.15) is 0 Å². The molecule has 2 heterocycles. The number of rotatable bonds is 5. The highest BCUT2D eigenvalue weighted by Gasteiger charge is 2.35. The van der Waals surface area contributed by atoms with Gasteiger partial charge in [-0.15, -0.1) is 0 Å². The van der Waals surface area contributed by atoms with E-state index in [9.17, 15) is 9.59 Å². The molecule has 154 valence electrons. The van der Waals surface area contributed by atoms with E-state index in [0.29, 0.717) is 24.3 Å². The van der Waals surface area contributed by atoms with E-state index in [1.54, 1.807) is 22.6 Å². The highest BCUT2D eigenvalue weighted by molar-refractivity contribution is 6.01. The van der Waals surface area contributed by atoms with Crippen LogP contribution in [-0.2, 0) is 11.8 Å². The largest absolute Gasteiger partial charge is 0.497 e. The maximum Gasteiger partial charge on any atom is 0.271 e. The summed E-state index contributed by atoms with van der Waals surface area (Å²) >= 11 is 0. The number of aryl methyl sites for hydroxylation is 1. The Kier molecular flexibility index (Phi) is 5.57. The van der Waals surface area contributed by atoms with Crippen molar-refractivity contribution >= 4 is 17.5 Å². The van der Waals surface area contributed by atoms with Crippen LogP contribution in [0.1, 0.15) is 23.3 Å². The van der Waals surface area contributed by atoms with E-state index in [2.05, 4.69) is 5.32 Å². The van der Waals surface area contributed by atoms with Gasteiger partial charge in [0, 0.05) is 25.5 Å². The molecule has 2 aromatic carbocycles. The van der Waals surface area contributed by atoms with Crippen LogP contribution in [0.3, 0.4) is 0 Å². The first-order valence-electron chi connectivity index (χ1n) is 10.0. The number of nitrogens with one attached hydrogen (secondary N) is 1. The van der Waals surface area contributed by atoms with Gasteiger partial charge in [-0.3, -0.25) is 9.59 Å². The SMILES string of the molecule is COc1cccc(-c2ccc(NC(=O)[C@@H]3CCCN3C(=O)c3cccn3C)cc2)c1. The van der Waals surface area contributed by atoms with Gasteiger partial charge in [-0.05, 0) is 60.4 Å². The molecule has 0 radical (unpaired) electrons. The molecule has 0 unspecified atom stereocenters. The Morgan fingerprint density at radius 1 is 1.03 bits per heavy atom. The minimum atomic E-state index is -0.453. The van der Waals surface area contributed by atoms with Crippen LogP contribution >= 0.6 is 0 Å². The lowest BCUT2D eigenvalue weighted by molar-refractivity contribution is -0.119. The summed E-state index contributed by atoms with van der Waals surface area (Å²) in [4.78, 5) is 27.4. The number of nitrogens with zero attached hydrogens (tertiary/aromatic N) is 2. The summed E-state index contributed by atoms with van der Waals surface area (Å²) in [5.41, 5.74) is 3.39. The number of carbonyl (C=O) groups excluding carboxylic acids is 2. The van der Waals surface area contributed by atoms with Gasteiger partial charge in [-0.1, -0.05) is 24.3 Å². The van der Waals surface area contributed by atoms with Crippen LogP contribution in [-0.4, -0.2) is 41.0 Å². The van der Waals surface area contributed by atoms with Crippen molar-refractivity contribution in [1.82, 2.24) is 9.47 Å². The summed E-state index contributed by atoms with van der Waals surface area (Å²) in [6, 6.07) is 18.7. The quantitative estimate of drug-likeness (QED) is 0.702. The summed E-state index contributed by atoms with van der Waals surface area (Å²) in [5, 5.41) is 2.97. The van der Waals surface area contributed by atoms with Gasteiger partial charge < -0.3 is 19.5 Å². The van der Waals surface area contributed by atoms with Gasteiger partial charge >= 0.3 is 0 Å². The number of aromatic nitrogens is 1. The average molecular weight is 403 g/mol. The molecular formula is C24H25N3O3. The van der Waals surface area contributed by atoms with Gasteiger partial charge in [0.1, 0.15) is 17.5 Å².